The van der Waals surface area contributed by atoms with Crippen molar-refractivity contribution in [2.75, 3.05) is 18.6 Å². The molecular formula is C25H41N7O6S. The van der Waals surface area contributed by atoms with Gasteiger partial charge in [-0.1, -0.05) is 26.0 Å². The van der Waals surface area contributed by atoms with Crippen LogP contribution < -0.4 is 33.2 Å². The number of carboxylic acids is 1. The van der Waals surface area contributed by atoms with Crippen LogP contribution in [0, 0.1) is 5.92 Å². The Hall–Kier alpha value is -3.52. The molecule has 4 unspecified atom stereocenters. The number of guanidine groups is 1. The van der Waals surface area contributed by atoms with E-state index in [9.17, 15) is 29.4 Å². The van der Waals surface area contributed by atoms with Gasteiger partial charge in [0.05, 0.1) is 6.04 Å². The summed E-state index contributed by atoms with van der Waals surface area (Å²) < 4.78 is 0. The number of hydrogen-bond donors (Lipinski definition) is 8. The van der Waals surface area contributed by atoms with Crippen molar-refractivity contribution in [2.24, 2.45) is 28.1 Å². The van der Waals surface area contributed by atoms with E-state index >= 15 is 0 Å². The van der Waals surface area contributed by atoms with Crippen LogP contribution in [0.1, 0.15) is 38.7 Å². The molecule has 0 heterocycles. The number of thioether (sulfide) groups is 1. The van der Waals surface area contributed by atoms with Gasteiger partial charge in [-0.05, 0) is 54.9 Å². The lowest BCUT2D eigenvalue weighted by atomic mass is 10.0. The number of carbonyl (C=O) groups excluding carboxylic acids is 3. The number of aromatic hydroxyl groups is 1. The van der Waals surface area contributed by atoms with Crippen molar-refractivity contribution in [3.8, 4) is 5.75 Å². The molecule has 0 spiro atoms. The number of nitrogens with zero attached hydrogens (tertiary/aromatic N) is 1. The van der Waals surface area contributed by atoms with Crippen LogP contribution >= 0.6 is 11.8 Å². The fourth-order valence-electron chi connectivity index (χ4n) is 3.55. The van der Waals surface area contributed by atoms with Crippen molar-refractivity contribution < 1.29 is 29.4 Å². The summed E-state index contributed by atoms with van der Waals surface area (Å²) in [6, 6.07) is 1.82. The highest BCUT2D eigenvalue weighted by Crippen LogP contribution is 2.12. The highest BCUT2D eigenvalue weighted by atomic mass is 32.2. The number of nitrogens with two attached hydrogens (primary N) is 3. The second kappa shape index (κ2) is 17.1. The van der Waals surface area contributed by atoms with Gasteiger partial charge >= 0.3 is 5.97 Å². The van der Waals surface area contributed by atoms with Gasteiger partial charge in [0.15, 0.2) is 5.96 Å². The van der Waals surface area contributed by atoms with Gasteiger partial charge in [-0.25, -0.2) is 4.79 Å². The van der Waals surface area contributed by atoms with Crippen LogP contribution in [0.2, 0.25) is 0 Å². The molecule has 0 aromatic heterocycles. The Morgan fingerprint density at radius 3 is 2.10 bits per heavy atom. The SMILES string of the molecule is CSCCC(NC(=O)C(N)CCCN=C(N)N)C(=O)NC(C(=O)NC(Cc1ccc(O)cc1)C(=O)O)C(C)C. The van der Waals surface area contributed by atoms with Gasteiger partial charge in [0, 0.05) is 13.0 Å². The molecule has 0 saturated heterocycles. The Labute approximate surface area is 232 Å². The Balaban J connectivity index is 2.89. The molecule has 0 aliphatic rings. The lowest BCUT2D eigenvalue weighted by molar-refractivity contribution is -0.142. The van der Waals surface area contributed by atoms with Crippen molar-refractivity contribution >= 4 is 41.4 Å². The minimum atomic E-state index is -1.26. The van der Waals surface area contributed by atoms with Gasteiger partial charge in [-0.15, -0.1) is 0 Å². The predicted octanol–water partition coefficient (Wildman–Crippen LogP) is -0.736. The minimum absolute atomic E-state index is 0.0202. The molecule has 218 valence electrons. The van der Waals surface area contributed by atoms with E-state index in [1.807, 2.05) is 6.26 Å². The van der Waals surface area contributed by atoms with E-state index in [4.69, 9.17) is 17.2 Å². The number of phenols is 1. The zero-order chi connectivity index (χ0) is 29.5. The minimum Gasteiger partial charge on any atom is -0.508 e. The van der Waals surface area contributed by atoms with E-state index < -0.39 is 47.9 Å². The van der Waals surface area contributed by atoms with Gasteiger partial charge < -0.3 is 43.4 Å². The fourth-order valence-corrected chi connectivity index (χ4v) is 4.02. The zero-order valence-electron chi connectivity index (χ0n) is 22.6. The summed E-state index contributed by atoms with van der Waals surface area (Å²) in [6.07, 6.45) is 2.90. The smallest absolute Gasteiger partial charge is 0.326 e. The Morgan fingerprint density at radius 2 is 1.56 bits per heavy atom. The van der Waals surface area contributed by atoms with Crippen molar-refractivity contribution in [1.82, 2.24) is 16.0 Å². The third-order valence-corrected chi connectivity index (χ3v) is 6.43. The average Bonchev–Trinajstić information content (AvgIpc) is 2.87. The number of phenolic OH excluding ortho intramolecular Hbond substituents is 1. The van der Waals surface area contributed by atoms with E-state index in [0.29, 0.717) is 37.1 Å². The number of amides is 3. The second-order valence-corrected chi connectivity index (χ2v) is 10.4. The first-order chi connectivity index (χ1) is 18.3. The van der Waals surface area contributed by atoms with Gasteiger partial charge in [0.25, 0.3) is 0 Å². The van der Waals surface area contributed by atoms with E-state index in [1.165, 1.54) is 23.9 Å². The zero-order valence-corrected chi connectivity index (χ0v) is 23.4. The van der Waals surface area contributed by atoms with E-state index in [1.54, 1.807) is 26.0 Å². The number of aliphatic imine (C=N–C) groups is 1. The number of benzene rings is 1. The molecule has 0 fully saturated rings. The molecule has 0 aliphatic carbocycles. The molecule has 0 aliphatic heterocycles. The van der Waals surface area contributed by atoms with E-state index in [0.717, 1.165) is 0 Å². The molecule has 0 bridgehead atoms. The molecule has 13 nitrogen and oxygen atoms in total. The Kier molecular flexibility index (Phi) is 14.7. The normalized spacial score (nSPS) is 14.0. The monoisotopic (exact) mass is 567 g/mol. The van der Waals surface area contributed by atoms with Crippen molar-refractivity contribution in [3.63, 3.8) is 0 Å². The maximum atomic E-state index is 13.2. The number of carboxylic acid groups (broad SMARTS) is 1. The summed E-state index contributed by atoms with van der Waals surface area (Å²) in [5, 5.41) is 26.9. The first-order valence-corrected chi connectivity index (χ1v) is 14.0. The Morgan fingerprint density at radius 1 is 0.949 bits per heavy atom. The molecule has 0 radical (unpaired) electrons. The summed E-state index contributed by atoms with van der Waals surface area (Å²) >= 11 is 1.49. The third-order valence-electron chi connectivity index (χ3n) is 5.79. The van der Waals surface area contributed by atoms with Crippen LogP contribution in [0.3, 0.4) is 0 Å². The summed E-state index contributed by atoms with van der Waals surface area (Å²) in [5.74, 6) is -2.86. The highest BCUT2D eigenvalue weighted by molar-refractivity contribution is 7.98. The molecule has 39 heavy (non-hydrogen) atoms. The largest absolute Gasteiger partial charge is 0.508 e. The summed E-state index contributed by atoms with van der Waals surface area (Å²) in [6.45, 7) is 3.74. The highest BCUT2D eigenvalue weighted by Gasteiger charge is 2.31. The lowest BCUT2D eigenvalue weighted by Gasteiger charge is -2.27. The number of rotatable bonds is 17. The molecular weight excluding hydrogens is 526 g/mol. The first-order valence-electron chi connectivity index (χ1n) is 12.6. The Bertz CT molecular complexity index is 986. The van der Waals surface area contributed by atoms with Crippen LogP contribution in [0.5, 0.6) is 5.75 Å². The number of carbonyl (C=O) groups is 4. The molecule has 0 saturated carbocycles. The molecule has 4 atom stereocenters. The van der Waals surface area contributed by atoms with Gasteiger partial charge in [0.2, 0.25) is 17.7 Å². The van der Waals surface area contributed by atoms with Crippen LogP contribution in [0.15, 0.2) is 29.3 Å². The summed E-state index contributed by atoms with van der Waals surface area (Å²) in [7, 11) is 0. The topological polar surface area (TPSA) is 235 Å². The van der Waals surface area contributed by atoms with Crippen molar-refractivity contribution in [1.29, 1.82) is 0 Å². The number of hydrogen-bond acceptors (Lipinski definition) is 8. The quantitative estimate of drug-likeness (QED) is 0.0667. The summed E-state index contributed by atoms with van der Waals surface area (Å²) in [4.78, 5) is 54.6. The molecule has 11 N–H and O–H groups in total. The van der Waals surface area contributed by atoms with Gasteiger partial charge in [-0.2, -0.15) is 11.8 Å². The van der Waals surface area contributed by atoms with Crippen LogP contribution in [0.4, 0.5) is 0 Å². The second-order valence-electron chi connectivity index (χ2n) is 9.40. The first kappa shape index (κ1) is 33.5. The van der Waals surface area contributed by atoms with Gasteiger partial charge in [0.1, 0.15) is 23.9 Å². The summed E-state index contributed by atoms with van der Waals surface area (Å²) in [5.41, 5.74) is 17.1. The maximum absolute atomic E-state index is 13.2. The standard InChI is InChI=1S/C25H41N7O6S/c1-14(2)20(23(36)31-19(24(37)38)13-15-6-8-16(33)9-7-15)32-22(35)18(10-12-39-3)30-21(34)17(26)5-4-11-29-25(27)28/h6-9,14,17-20,33H,4-5,10-13,26H2,1-3H3,(H,30,34)(H,31,36)(H,32,35)(H,37,38)(H4,27,28,29). The van der Waals surface area contributed by atoms with Crippen LogP contribution in [-0.4, -0.2) is 82.6 Å². The lowest BCUT2D eigenvalue weighted by Crippen LogP contribution is -2.58. The van der Waals surface area contributed by atoms with E-state index in [2.05, 4.69) is 20.9 Å². The predicted molar refractivity (Wildman–Crippen MR) is 151 cm³/mol. The molecule has 14 heteroatoms. The van der Waals surface area contributed by atoms with E-state index in [-0.39, 0.29) is 24.0 Å². The van der Waals surface area contributed by atoms with Crippen LogP contribution in [0.25, 0.3) is 0 Å². The van der Waals surface area contributed by atoms with Gasteiger partial charge in [-0.3, -0.25) is 19.4 Å². The molecule has 1 aromatic rings. The fraction of sp³-hybridized carbons (Fsp3) is 0.560. The number of aliphatic carboxylic acids is 1. The third kappa shape index (κ3) is 12.7. The molecule has 1 aromatic carbocycles. The molecule has 3 amide bonds. The molecule has 1 rings (SSSR count). The van der Waals surface area contributed by atoms with Crippen LogP contribution in [-0.2, 0) is 25.6 Å². The number of nitrogens with one attached hydrogen (secondary N) is 3. The maximum Gasteiger partial charge on any atom is 0.326 e. The van der Waals surface area contributed by atoms with Crippen molar-refractivity contribution in [2.45, 2.75) is 63.7 Å². The average molecular weight is 568 g/mol. The van der Waals surface area contributed by atoms with Crippen molar-refractivity contribution in [3.05, 3.63) is 29.8 Å².